The van der Waals surface area contributed by atoms with Crippen molar-refractivity contribution in [3.63, 3.8) is 0 Å². The molecule has 0 aliphatic rings. The van der Waals surface area contributed by atoms with Crippen LogP contribution in [0.2, 0.25) is 5.02 Å². The largest absolute Gasteiger partial charge is 0.497 e. The third-order valence-electron chi connectivity index (χ3n) is 2.90. The topological polar surface area (TPSA) is 26.3 Å². The molecule has 19 heavy (non-hydrogen) atoms. The first-order chi connectivity index (χ1) is 9.15. The summed E-state index contributed by atoms with van der Waals surface area (Å²) in [6.07, 6.45) is 0.898. The minimum Gasteiger partial charge on any atom is -0.497 e. The highest BCUT2D eigenvalue weighted by molar-refractivity contribution is 9.10. The number of carbonyl (C=O) groups excluding carboxylic acids is 1. The number of rotatable bonds is 4. The summed E-state index contributed by atoms with van der Waals surface area (Å²) in [5.74, 6) is 0.379. The van der Waals surface area contributed by atoms with E-state index in [4.69, 9.17) is 16.3 Å². The zero-order valence-electron chi connectivity index (χ0n) is 10.3. The average molecular weight is 340 g/mol. The van der Waals surface area contributed by atoms with Gasteiger partial charge in [-0.3, -0.25) is 0 Å². The summed E-state index contributed by atoms with van der Waals surface area (Å²) in [5, 5.41) is 0.580. The van der Waals surface area contributed by atoms with Gasteiger partial charge in [0.1, 0.15) is 12.0 Å². The smallest absolute Gasteiger partial charge is 0.131 e. The van der Waals surface area contributed by atoms with E-state index >= 15 is 0 Å². The molecule has 2 nitrogen and oxygen atoms in total. The molecular formula is C15H12BrClO2. The summed E-state index contributed by atoms with van der Waals surface area (Å²) in [4.78, 5) is 11.4. The van der Waals surface area contributed by atoms with Gasteiger partial charge in [-0.15, -0.1) is 0 Å². The molecule has 0 aliphatic carbocycles. The Labute approximate surface area is 125 Å². The van der Waals surface area contributed by atoms with Crippen molar-refractivity contribution in [3.8, 4) is 5.75 Å². The number of methoxy groups -OCH3 is 1. The van der Waals surface area contributed by atoms with Gasteiger partial charge in [0, 0.05) is 9.50 Å². The van der Waals surface area contributed by atoms with Gasteiger partial charge in [0.25, 0.3) is 0 Å². The Bertz CT molecular complexity index is 581. The molecular weight excluding hydrogens is 328 g/mol. The first-order valence-corrected chi connectivity index (χ1v) is 6.87. The monoisotopic (exact) mass is 338 g/mol. The van der Waals surface area contributed by atoms with Crippen LogP contribution in [0.25, 0.3) is 0 Å². The van der Waals surface area contributed by atoms with Crippen molar-refractivity contribution in [1.29, 1.82) is 0 Å². The van der Waals surface area contributed by atoms with Gasteiger partial charge in [-0.25, -0.2) is 0 Å². The van der Waals surface area contributed by atoms with Crippen LogP contribution in [0.3, 0.4) is 0 Å². The standard InChI is InChI=1S/C15H12BrClO2/c1-19-12-5-2-10(3-6-12)14(9-18)13-8-11(16)4-7-15(13)17/h2-9,14H,1H3. The first-order valence-electron chi connectivity index (χ1n) is 5.70. The Kier molecular flexibility index (Phi) is 4.61. The molecule has 2 aromatic carbocycles. The lowest BCUT2D eigenvalue weighted by molar-refractivity contribution is -0.108. The zero-order valence-corrected chi connectivity index (χ0v) is 12.6. The summed E-state index contributed by atoms with van der Waals surface area (Å²) in [6.45, 7) is 0. The van der Waals surface area contributed by atoms with Crippen LogP contribution < -0.4 is 4.74 Å². The van der Waals surface area contributed by atoms with Gasteiger partial charge in [0.05, 0.1) is 13.0 Å². The Balaban J connectivity index is 2.43. The zero-order chi connectivity index (χ0) is 13.8. The molecule has 0 aliphatic heterocycles. The fourth-order valence-electron chi connectivity index (χ4n) is 1.90. The fraction of sp³-hybridized carbons (Fsp3) is 0.133. The van der Waals surface area contributed by atoms with Crippen LogP contribution in [-0.4, -0.2) is 13.4 Å². The quantitative estimate of drug-likeness (QED) is 0.770. The number of halogens is 2. The molecule has 2 aromatic rings. The molecule has 0 spiro atoms. The van der Waals surface area contributed by atoms with E-state index in [0.717, 1.165) is 27.6 Å². The maximum absolute atomic E-state index is 11.4. The maximum atomic E-state index is 11.4. The van der Waals surface area contributed by atoms with Crippen molar-refractivity contribution < 1.29 is 9.53 Å². The molecule has 98 valence electrons. The third kappa shape index (κ3) is 3.17. The highest BCUT2D eigenvalue weighted by atomic mass is 79.9. The molecule has 0 bridgehead atoms. The Morgan fingerprint density at radius 3 is 2.47 bits per heavy atom. The van der Waals surface area contributed by atoms with Crippen molar-refractivity contribution in [2.45, 2.75) is 5.92 Å². The molecule has 0 heterocycles. The van der Waals surface area contributed by atoms with Crippen LogP contribution in [-0.2, 0) is 4.79 Å². The van der Waals surface area contributed by atoms with Crippen molar-refractivity contribution in [3.05, 3.63) is 63.1 Å². The molecule has 1 atom stereocenters. The van der Waals surface area contributed by atoms with Gasteiger partial charge in [0.15, 0.2) is 0 Å². The number of benzene rings is 2. The minimum atomic E-state index is -0.379. The molecule has 0 N–H and O–H groups in total. The second kappa shape index (κ2) is 6.22. The van der Waals surface area contributed by atoms with Gasteiger partial charge < -0.3 is 9.53 Å². The SMILES string of the molecule is COc1ccc(C(C=O)c2cc(Br)ccc2Cl)cc1. The van der Waals surface area contributed by atoms with E-state index in [2.05, 4.69) is 15.9 Å². The van der Waals surface area contributed by atoms with Crippen LogP contribution in [0, 0.1) is 0 Å². The lowest BCUT2D eigenvalue weighted by atomic mass is 9.92. The molecule has 4 heteroatoms. The highest BCUT2D eigenvalue weighted by Gasteiger charge is 2.16. The normalized spacial score (nSPS) is 11.9. The molecule has 0 amide bonds. The van der Waals surface area contributed by atoms with Gasteiger partial charge in [-0.2, -0.15) is 0 Å². The first kappa shape index (κ1) is 14.1. The van der Waals surface area contributed by atoms with Gasteiger partial charge in [0.2, 0.25) is 0 Å². The van der Waals surface area contributed by atoms with Crippen LogP contribution >= 0.6 is 27.5 Å². The molecule has 0 fully saturated rings. The Hall–Kier alpha value is -1.32. The molecule has 0 saturated carbocycles. The van der Waals surface area contributed by atoms with E-state index in [-0.39, 0.29) is 5.92 Å². The van der Waals surface area contributed by atoms with E-state index < -0.39 is 0 Å². The number of ether oxygens (including phenoxy) is 1. The molecule has 2 rings (SSSR count). The third-order valence-corrected chi connectivity index (χ3v) is 3.74. The highest BCUT2D eigenvalue weighted by Crippen LogP contribution is 2.31. The Morgan fingerprint density at radius 1 is 1.21 bits per heavy atom. The Morgan fingerprint density at radius 2 is 1.89 bits per heavy atom. The van der Waals surface area contributed by atoms with E-state index in [1.807, 2.05) is 36.4 Å². The van der Waals surface area contributed by atoms with Crippen molar-refractivity contribution in [2.24, 2.45) is 0 Å². The van der Waals surface area contributed by atoms with Crippen LogP contribution in [0.4, 0.5) is 0 Å². The number of carbonyl (C=O) groups is 1. The summed E-state index contributed by atoms with van der Waals surface area (Å²) < 4.78 is 6.00. The van der Waals surface area contributed by atoms with Crippen molar-refractivity contribution >= 4 is 33.8 Å². The molecule has 1 unspecified atom stereocenters. The molecule has 0 radical (unpaired) electrons. The second-order valence-corrected chi connectivity index (χ2v) is 5.38. The molecule has 0 aromatic heterocycles. The number of aldehydes is 1. The summed E-state index contributed by atoms with van der Waals surface area (Å²) in [5.41, 5.74) is 1.67. The summed E-state index contributed by atoms with van der Waals surface area (Å²) >= 11 is 9.57. The van der Waals surface area contributed by atoms with E-state index in [1.165, 1.54) is 0 Å². The van der Waals surface area contributed by atoms with Gasteiger partial charge >= 0.3 is 0 Å². The maximum Gasteiger partial charge on any atom is 0.131 e. The second-order valence-electron chi connectivity index (χ2n) is 4.05. The van der Waals surface area contributed by atoms with Crippen molar-refractivity contribution in [1.82, 2.24) is 0 Å². The van der Waals surface area contributed by atoms with E-state index in [1.54, 1.807) is 13.2 Å². The summed E-state index contributed by atoms with van der Waals surface area (Å²) in [6, 6.07) is 12.9. The van der Waals surface area contributed by atoms with E-state index in [0.29, 0.717) is 5.02 Å². The average Bonchev–Trinajstić information content (AvgIpc) is 2.44. The fourth-order valence-corrected chi connectivity index (χ4v) is 2.51. The predicted octanol–water partition coefficient (Wildman–Crippen LogP) is 4.44. The van der Waals surface area contributed by atoms with Crippen LogP contribution in [0.1, 0.15) is 17.0 Å². The van der Waals surface area contributed by atoms with Crippen LogP contribution in [0.15, 0.2) is 46.9 Å². The van der Waals surface area contributed by atoms with Gasteiger partial charge in [-0.1, -0.05) is 39.7 Å². The van der Waals surface area contributed by atoms with Gasteiger partial charge in [-0.05, 0) is 41.5 Å². The van der Waals surface area contributed by atoms with E-state index in [9.17, 15) is 4.79 Å². The lowest BCUT2D eigenvalue weighted by Crippen LogP contribution is -2.03. The molecule has 0 saturated heterocycles. The summed E-state index contributed by atoms with van der Waals surface area (Å²) in [7, 11) is 1.61. The van der Waals surface area contributed by atoms with Crippen LogP contribution in [0.5, 0.6) is 5.75 Å². The number of hydrogen-bond donors (Lipinski definition) is 0. The van der Waals surface area contributed by atoms with Crippen molar-refractivity contribution in [2.75, 3.05) is 7.11 Å². The number of hydrogen-bond acceptors (Lipinski definition) is 2. The minimum absolute atomic E-state index is 0.379. The lowest BCUT2D eigenvalue weighted by Gasteiger charge is -2.14. The predicted molar refractivity (Wildman–Crippen MR) is 80.1 cm³/mol.